The minimum absolute atomic E-state index is 0.354. The molecule has 0 N–H and O–H groups in total. The van der Waals surface area contributed by atoms with Crippen LogP contribution in [-0.4, -0.2) is 22.7 Å². The standard InChI is InChI=1S/C10H10N2OS/c1-3-13-8(1)5-9-11-6-7-2-4-14-10(7)12-9/h2,4,6,8H,1,3,5H2. The van der Waals surface area contributed by atoms with Crippen LogP contribution in [0.3, 0.4) is 0 Å². The fraction of sp³-hybridized carbons (Fsp3) is 0.400. The second-order valence-electron chi connectivity index (χ2n) is 3.45. The number of ether oxygens (including phenoxy) is 1. The molecule has 1 aliphatic heterocycles. The van der Waals surface area contributed by atoms with Crippen LogP contribution in [-0.2, 0) is 11.2 Å². The van der Waals surface area contributed by atoms with Gasteiger partial charge in [-0.3, -0.25) is 0 Å². The Hall–Kier alpha value is -1.00. The maximum absolute atomic E-state index is 5.35. The fourth-order valence-electron chi connectivity index (χ4n) is 1.54. The molecule has 72 valence electrons. The Labute approximate surface area is 85.8 Å². The van der Waals surface area contributed by atoms with E-state index in [2.05, 4.69) is 9.97 Å². The summed E-state index contributed by atoms with van der Waals surface area (Å²) in [7, 11) is 0. The fourth-order valence-corrected chi connectivity index (χ4v) is 2.30. The summed E-state index contributed by atoms with van der Waals surface area (Å²) < 4.78 is 5.35. The van der Waals surface area contributed by atoms with E-state index >= 15 is 0 Å². The topological polar surface area (TPSA) is 35.0 Å². The summed E-state index contributed by atoms with van der Waals surface area (Å²) in [6.45, 7) is 0.895. The highest BCUT2D eigenvalue weighted by atomic mass is 32.1. The normalized spacial score (nSPS) is 21.0. The summed E-state index contributed by atoms with van der Waals surface area (Å²) in [5, 5.41) is 3.18. The molecular weight excluding hydrogens is 196 g/mol. The molecule has 2 aromatic rings. The SMILES string of the molecule is c1cc2cnc(CC3CCO3)nc2s1. The molecule has 0 spiro atoms. The maximum Gasteiger partial charge on any atom is 0.132 e. The summed E-state index contributed by atoms with van der Waals surface area (Å²) in [5.41, 5.74) is 0. The van der Waals surface area contributed by atoms with Crippen molar-refractivity contribution in [2.45, 2.75) is 18.9 Å². The zero-order valence-electron chi connectivity index (χ0n) is 7.64. The van der Waals surface area contributed by atoms with E-state index in [4.69, 9.17) is 4.74 Å². The van der Waals surface area contributed by atoms with Crippen LogP contribution in [0.1, 0.15) is 12.2 Å². The Kier molecular flexibility index (Phi) is 1.96. The summed E-state index contributed by atoms with van der Waals surface area (Å²) in [6.07, 6.45) is 4.25. The molecule has 3 heterocycles. The van der Waals surface area contributed by atoms with Gasteiger partial charge in [-0.2, -0.15) is 0 Å². The highest BCUT2D eigenvalue weighted by Crippen LogP contribution is 2.19. The smallest absolute Gasteiger partial charge is 0.132 e. The van der Waals surface area contributed by atoms with Gasteiger partial charge in [-0.15, -0.1) is 11.3 Å². The summed E-state index contributed by atoms with van der Waals surface area (Å²) in [6, 6.07) is 2.05. The Morgan fingerprint density at radius 1 is 1.57 bits per heavy atom. The highest BCUT2D eigenvalue weighted by molar-refractivity contribution is 7.16. The maximum atomic E-state index is 5.35. The molecule has 0 aliphatic carbocycles. The molecule has 0 bridgehead atoms. The number of hydrogen-bond acceptors (Lipinski definition) is 4. The quantitative estimate of drug-likeness (QED) is 0.754. The van der Waals surface area contributed by atoms with Crippen molar-refractivity contribution >= 4 is 21.6 Å². The first-order valence-corrected chi connectivity index (χ1v) is 5.60. The molecule has 3 rings (SSSR count). The number of hydrogen-bond donors (Lipinski definition) is 0. The molecule has 1 atom stereocenters. The lowest BCUT2D eigenvalue weighted by Gasteiger charge is -2.25. The van der Waals surface area contributed by atoms with E-state index in [-0.39, 0.29) is 0 Å². The summed E-state index contributed by atoms with van der Waals surface area (Å²) in [5.74, 6) is 0.907. The van der Waals surface area contributed by atoms with Crippen molar-refractivity contribution in [2.24, 2.45) is 0 Å². The predicted molar refractivity (Wildman–Crippen MR) is 55.5 cm³/mol. The van der Waals surface area contributed by atoms with Crippen molar-refractivity contribution in [2.75, 3.05) is 6.61 Å². The number of thiophene rings is 1. The van der Waals surface area contributed by atoms with Gasteiger partial charge in [-0.05, 0) is 17.9 Å². The molecule has 1 fully saturated rings. The summed E-state index contributed by atoms with van der Waals surface area (Å²) >= 11 is 1.66. The largest absolute Gasteiger partial charge is 0.378 e. The van der Waals surface area contributed by atoms with Crippen LogP contribution in [0.5, 0.6) is 0 Å². The van der Waals surface area contributed by atoms with Gasteiger partial charge in [-0.1, -0.05) is 0 Å². The Morgan fingerprint density at radius 3 is 3.29 bits per heavy atom. The van der Waals surface area contributed by atoms with Gasteiger partial charge in [0.25, 0.3) is 0 Å². The van der Waals surface area contributed by atoms with Crippen LogP contribution < -0.4 is 0 Å². The highest BCUT2D eigenvalue weighted by Gasteiger charge is 2.19. The van der Waals surface area contributed by atoms with E-state index in [9.17, 15) is 0 Å². The first kappa shape index (κ1) is 8.32. The number of fused-ring (bicyclic) bond motifs is 1. The number of rotatable bonds is 2. The van der Waals surface area contributed by atoms with Gasteiger partial charge < -0.3 is 4.74 Å². The van der Waals surface area contributed by atoms with Crippen LogP contribution in [0.25, 0.3) is 10.2 Å². The molecule has 2 aromatic heterocycles. The third kappa shape index (κ3) is 1.40. The van der Waals surface area contributed by atoms with E-state index in [1.807, 2.05) is 17.6 Å². The molecule has 3 nitrogen and oxygen atoms in total. The first-order chi connectivity index (χ1) is 6.92. The van der Waals surface area contributed by atoms with Gasteiger partial charge in [0.05, 0.1) is 6.10 Å². The molecule has 0 radical (unpaired) electrons. The lowest BCUT2D eigenvalue weighted by atomic mass is 10.1. The van der Waals surface area contributed by atoms with Crippen molar-refractivity contribution in [1.29, 1.82) is 0 Å². The van der Waals surface area contributed by atoms with Gasteiger partial charge in [0, 0.05) is 24.6 Å². The third-order valence-corrected chi connectivity index (χ3v) is 3.28. The molecule has 0 saturated carbocycles. The van der Waals surface area contributed by atoms with Crippen molar-refractivity contribution in [3.05, 3.63) is 23.5 Å². The molecular formula is C10H10N2OS. The van der Waals surface area contributed by atoms with Crippen LogP contribution in [0, 0.1) is 0 Å². The first-order valence-electron chi connectivity index (χ1n) is 4.72. The molecule has 0 aromatic carbocycles. The van der Waals surface area contributed by atoms with E-state index < -0.39 is 0 Å². The van der Waals surface area contributed by atoms with Crippen molar-refractivity contribution in [1.82, 2.24) is 9.97 Å². The molecule has 1 saturated heterocycles. The van der Waals surface area contributed by atoms with Gasteiger partial charge in [0.2, 0.25) is 0 Å². The van der Waals surface area contributed by atoms with E-state index in [1.165, 1.54) is 0 Å². The van der Waals surface area contributed by atoms with Gasteiger partial charge in [0.1, 0.15) is 10.7 Å². The van der Waals surface area contributed by atoms with Crippen LogP contribution in [0.2, 0.25) is 0 Å². The van der Waals surface area contributed by atoms with Crippen molar-refractivity contribution in [3.63, 3.8) is 0 Å². The Bertz CT molecular complexity index is 450. The van der Waals surface area contributed by atoms with Gasteiger partial charge in [-0.25, -0.2) is 9.97 Å². The Balaban J connectivity index is 1.88. The molecule has 1 aliphatic rings. The van der Waals surface area contributed by atoms with E-state index in [0.29, 0.717) is 6.10 Å². The van der Waals surface area contributed by atoms with Crippen LogP contribution in [0.4, 0.5) is 0 Å². The zero-order valence-corrected chi connectivity index (χ0v) is 8.46. The van der Waals surface area contributed by atoms with Crippen molar-refractivity contribution < 1.29 is 4.74 Å². The van der Waals surface area contributed by atoms with E-state index in [1.54, 1.807) is 11.3 Å². The van der Waals surface area contributed by atoms with E-state index in [0.717, 1.165) is 35.5 Å². The summed E-state index contributed by atoms with van der Waals surface area (Å²) in [4.78, 5) is 9.88. The minimum Gasteiger partial charge on any atom is -0.378 e. The van der Waals surface area contributed by atoms with Gasteiger partial charge >= 0.3 is 0 Å². The Morgan fingerprint density at radius 2 is 2.50 bits per heavy atom. The average molecular weight is 206 g/mol. The molecule has 0 amide bonds. The third-order valence-electron chi connectivity index (χ3n) is 2.46. The number of aromatic nitrogens is 2. The second-order valence-corrected chi connectivity index (χ2v) is 4.35. The van der Waals surface area contributed by atoms with Crippen molar-refractivity contribution in [3.8, 4) is 0 Å². The van der Waals surface area contributed by atoms with Crippen LogP contribution >= 0.6 is 11.3 Å². The lowest BCUT2D eigenvalue weighted by Crippen LogP contribution is -2.29. The molecule has 4 heteroatoms. The van der Waals surface area contributed by atoms with Crippen LogP contribution in [0.15, 0.2) is 17.6 Å². The monoisotopic (exact) mass is 206 g/mol. The zero-order chi connectivity index (χ0) is 9.38. The second kappa shape index (κ2) is 3.29. The lowest BCUT2D eigenvalue weighted by molar-refractivity contribution is -0.0501. The predicted octanol–water partition coefficient (Wildman–Crippen LogP) is 2.02. The number of nitrogens with zero attached hydrogens (tertiary/aromatic N) is 2. The average Bonchev–Trinajstić information content (AvgIpc) is 2.58. The minimum atomic E-state index is 0.354. The molecule has 1 unspecified atom stereocenters. The molecule has 14 heavy (non-hydrogen) atoms. The van der Waals surface area contributed by atoms with Gasteiger partial charge in [0.15, 0.2) is 0 Å².